The van der Waals surface area contributed by atoms with E-state index < -0.39 is 24.4 Å². The number of anilines is 2. The van der Waals surface area contributed by atoms with E-state index in [0.29, 0.717) is 22.9 Å². The van der Waals surface area contributed by atoms with Gasteiger partial charge in [0.1, 0.15) is 17.2 Å². The average molecular weight is 475 g/mol. The minimum absolute atomic E-state index is 0.0301. The molecule has 1 aliphatic rings. The summed E-state index contributed by atoms with van der Waals surface area (Å²) >= 11 is 0. The van der Waals surface area contributed by atoms with Crippen LogP contribution in [0, 0.1) is 12.8 Å². The number of carbonyl (C=O) groups excluding carboxylic acids is 3. The number of hydrogen-bond acceptors (Lipinski definition) is 6. The Bertz CT molecular complexity index is 1210. The molecular weight excluding hydrogens is 448 g/mol. The van der Waals surface area contributed by atoms with Crippen LogP contribution < -0.4 is 19.7 Å². The van der Waals surface area contributed by atoms with Gasteiger partial charge in [-0.25, -0.2) is 0 Å². The zero-order valence-corrected chi connectivity index (χ0v) is 19.5. The molecule has 0 spiro atoms. The topological polar surface area (TPSA) is 94.2 Å². The van der Waals surface area contributed by atoms with Crippen LogP contribution in [0.1, 0.15) is 12.0 Å². The van der Waals surface area contributed by atoms with Crippen LogP contribution in [0.3, 0.4) is 0 Å². The van der Waals surface area contributed by atoms with Gasteiger partial charge < -0.3 is 24.4 Å². The summed E-state index contributed by atoms with van der Waals surface area (Å²) < 4.78 is 16.1. The van der Waals surface area contributed by atoms with Crippen LogP contribution in [0.15, 0.2) is 72.8 Å². The number of nitrogens with one attached hydrogen (secondary N) is 1. The maximum Gasteiger partial charge on any atom is 0.311 e. The number of carbonyl (C=O) groups is 3. The van der Waals surface area contributed by atoms with Crippen LogP contribution in [0.25, 0.3) is 0 Å². The lowest BCUT2D eigenvalue weighted by atomic mass is 10.1. The number of aryl methyl sites for hydroxylation is 1. The van der Waals surface area contributed by atoms with Crippen molar-refractivity contribution in [2.45, 2.75) is 13.3 Å². The van der Waals surface area contributed by atoms with E-state index in [1.807, 2.05) is 25.1 Å². The van der Waals surface area contributed by atoms with Crippen molar-refractivity contribution in [2.24, 2.45) is 5.92 Å². The molecule has 1 fully saturated rings. The van der Waals surface area contributed by atoms with Crippen molar-refractivity contribution < 1.29 is 28.6 Å². The molecule has 1 N–H and O–H groups in total. The van der Waals surface area contributed by atoms with Crippen molar-refractivity contribution in [2.75, 3.05) is 30.5 Å². The molecule has 1 heterocycles. The van der Waals surface area contributed by atoms with Gasteiger partial charge in [0.2, 0.25) is 5.91 Å². The summed E-state index contributed by atoms with van der Waals surface area (Å²) in [4.78, 5) is 38.7. The average Bonchev–Trinajstić information content (AvgIpc) is 3.26. The predicted octanol–water partition coefficient (Wildman–Crippen LogP) is 4.33. The molecular formula is C27H26N2O6. The predicted molar refractivity (Wildman–Crippen MR) is 131 cm³/mol. The molecule has 0 unspecified atom stereocenters. The molecule has 0 saturated carbocycles. The fourth-order valence-electron chi connectivity index (χ4n) is 3.74. The van der Waals surface area contributed by atoms with Gasteiger partial charge in [-0.15, -0.1) is 0 Å². The third-order valence-corrected chi connectivity index (χ3v) is 5.67. The van der Waals surface area contributed by atoms with Crippen LogP contribution >= 0.6 is 0 Å². The molecule has 1 atom stereocenters. The van der Waals surface area contributed by atoms with E-state index in [4.69, 9.17) is 14.2 Å². The van der Waals surface area contributed by atoms with Crippen molar-refractivity contribution >= 4 is 29.2 Å². The number of ether oxygens (including phenoxy) is 3. The first-order valence-corrected chi connectivity index (χ1v) is 11.2. The summed E-state index contributed by atoms with van der Waals surface area (Å²) in [5, 5.41) is 2.72. The van der Waals surface area contributed by atoms with Gasteiger partial charge in [-0.1, -0.05) is 18.2 Å². The fraction of sp³-hybridized carbons (Fsp3) is 0.222. The molecule has 8 heteroatoms. The Morgan fingerprint density at radius 3 is 2.23 bits per heavy atom. The van der Waals surface area contributed by atoms with Gasteiger partial charge in [0.05, 0.1) is 13.0 Å². The molecule has 3 aromatic carbocycles. The largest absolute Gasteiger partial charge is 0.497 e. The normalized spacial score (nSPS) is 15.0. The Kier molecular flexibility index (Phi) is 7.30. The number of methoxy groups -OCH3 is 1. The quantitative estimate of drug-likeness (QED) is 0.489. The highest BCUT2D eigenvalue weighted by atomic mass is 16.5. The molecule has 4 rings (SSSR count). The number of rotatable bonds is 8. The summed E-state index contributed by atoms with van der Waals surface area (Å²) in [6.45, 7) is 1.66. The lowest BCUT2D eigenvalue weighted by molar-refractivity contribution is -0.151. The second kappa shape index (κ2) is 10.7. The van der Waals surface area contributed by atoms with Gasteiger partial charge >= 0.3 is 5.97 Å². The lowest BCUT2D eigenvalue weighted by Gasteiger charge is -2.17. The van der Waals surface area contributed by atoms with Gasteiger partial charge in [-0.3, -0.25) is 14.4 Å². The second-order valence-corrected chi connectivity index (χ2v) is 8.15. The number of esters is 1. The van der Waals surface area contributed by atoms with Crippen LogP contribution in [-0.2, 0) is 19.1 Å². The summed E-state index contributed by atoms with van der Waals surface area (Å²) in [6.07, 6.45) is 0.0301. The number of benzene rings is 3. The number of nitrogens with zero attached hydrogens (tertiary/aromatic N) is 1. The molecule has 3 aromatic rings. The number of hydrogen-bond donors (Lipinski definition) is 1. The molecule has 1 aliphatic heterocycles. The van der Waals surface area contributed by atoms with Gasteiger partial charge in [-0.05, 0) is 67.1 Å². The third kappa shape index (κ3) is 5.97. The Labute approximate surface area is 203 Å². The van der Waals surface area contributed by atoms with E-state index in [1.54, 1.807) is 61.7 Å². The van der Waals surface area contributed by atoms with E-state index in [2.05, 4.69) is 5.32 Å². The van der Waals surface area contributed by atoms with Gasteiger partial charge in [0.15, 0.2) is 6.61 Å². The Balaban J connectivity index is 1.29. The van der Waals surface area contributed by atoms with Crippen molar-refractivity contribution in [3.05, 3.63) is 78.4 Å². The first kappa shape index (κ1) is 23.8. The number of amides is 2. The highest BCUT2D eigenvalue weighted by Crippen LogP contribution is 2.29. The van der Waals surface area contributed by atoms with Crippen LogP contribution in [-0.4, -0.2) is 38.0 Å². The van der Waals surface area contributed by atoms with Crippen LogP contribution in [0.4, 0.5) is 11.4 Å². The molecule has 1 saturated heterocycles. The van der Waals surface area contributed by atoms with Gasteiger partial charge in [0, 0.05) is 24.3 Å². The minimum atomic E-state index is -0.635. The molecule has 0 aliphatic carbocycles. The molecule has 35 heavy (non-hydrogen) atoms. The summed E-state index contributed by atoms with van der Waals surface area (Å²) in [5.41, 5.74) is 2.23. The van der Waals surface area contributed by atoms with Crippen molar-refractivity contribution in [1.82, 2.24) is 0 Å². The lowest BCUT2D eigenvalue weighted by Crippen LogP contribution is -2.28. The minimum Gasteiger partial charge on any atom is -0.497 e. The first-order valence-electron chi connectivity index (χ1n) is 11.2. The second-order valence-electron chi connectivity index (χ2n) is 8.15. The highest BCUT2D eigenvalue weighted by molar-refractivity contribution is 6.00. The van der Waals surface area contributed by atoms with Crippen molar-refractivity contribution in [1.29, 1.82) is 0 Å². The fourth-order valence-corrected chi connectivity index (χ4v) is 3.74. The smallest absolute Gasteiger partial charge is 0.311 e. The monoisotopic (exact) mass is 474 g/mol. The maximum absolute atomic E-state index is 12.5. The Morgan fingerprint density at radius 1 is 0.943 bits per heavy atom. The van der Waals surface area contributed by atoms with E-state index in [1.165, 1.54) is 4.90 Å². The Morgan fingerprint density at radius 2 is 1.57 bits per heavy atom. The summed E-state index contributed by atoms with van der Waals surface area (Å²) in [7, 11) is 1.60. The summed E-state index contributed by atoms with van der Waals surface area (Å²) in [6, 6.07) is 21.6. The molecule has 180 valence electrons. The van der Waals surface area contributed by atoms with E-state index in [9.17, 15) is 14.4 Å². The van der Waals surface area contributed by atoms with E-state index in [0.717, 1.165) is 11.3 Å². The van der Waals surface area contributed by atoms with Gasteiger partial charge in [-0.2, -0.15) is 0 Å². The first-order chi connectivity index (χ1) is 16.9. The number of para-hydroxylation sites is 1. The zero-order chi connectivity index (χ0) is 24.8. The Hall–Kier alpha value is -4.33. The van der Waals surface area contributed by atoms with Crippen molar-refractivity contribution in [3.8, 4) is 17.2 Å². The van der Waals surface area contributed by atoms with E-state index >= 15 is 0 Å². The SMILES string of the molecule is COc1ccc(Oc2ccc(N3C[C@@H](C(=O)OCC(=O)Nc4ccccc4C)CC3=O)cc2)cc1. The summed E-state index contributed by atoms with van der Waals surface area (Å²) in [5.74, 6) is 0.192. The zero-order valence-electron chi connectivity index (χ0n) is 19.5. The van der Waals surface area contributed by atoms with Gasteiger partial charge in [0.25, 0.3) is 5.91 Å². The van der Waals surface area contributed by atoms with E-state index in [-0.39, 0.29) is 18.9 Å². The van der Waals surface area contributed by atoms with Crippen molar-refractivity contribution in [3.63, 3.8) is 0 Å². The van der Waals surface area contributed by atoms with Crippen LogP contribution in [0.2, 0.25) is 0 Å². The highest BCUT2D eigenvalue weighted by Gasteiger charge is 2.36. The molecule has 0 aromatic heterocycles. The molecule has 2 amide bonds. The third-order valence-electron chi connectivity index (χ3n) is 5.67. The molecule has 0 radical (unpaired) electrons. The standard InChI is InChI=1S/C27H26N2O6/c1-18-5-3-4-6-24(18)28-25(30)17-34-27(32)19-15-26(31)29(16-19)20-7-9-22(10-8-20)35-23-13-11-21(33-2)12-14-23/h3-14,19H,15-17H2,1-2H3,(H,28,30)/t19-/m0/s1. The van der Waals surface area contributed by atoms with Crippen LogP contribution in [0.5, 0.6) is 17.2 Å². The maximum atomic E-state index is 12.5. The molecule has 0 bridgehead atoms. The molecule has 8 nitrogen and oxygen atoms in total.